The molecule has 122 valence electrons. The number of rotatable bonds is 5. The molecule has 0 aliphatic heterocycles. The summed E-state index contributed by atoms with van der Waals surface area (Å²) >= 11 is 1.70. The van der Waals surface area contributed by atoms with Crippen LogP contribution in [0.2, 0.25) is 0 Å². The van der Waals surface area contributed by atoms with Gasteiger partial charge in [0, 0.05) is 21.4 Å². The summed E-state index contributed by atoms with van der Waals surface area (Å²) in [6, 6.07) is 17.7. The fourth-order valence-electron chi connectivity index (χ4n) is 2.41. The van der Waals surface area contributed by atoms with Crippen LogP contribution in [0.1, 0.15) is 5.56 Å². The molecule has 0 saturated heterocycles. The number of benzene rings is 2. The zero-order chi connectivity index (χ0) is 17.1. The maximum atomic E-state index is 7.46. The Labute approximate surface area is 145 Å². The van der Waals surface area contributed by atoms with E-state index in [1.54, 1.807) is 25.6 Å². The molecule has 2 aromatic carbocycles. The van der Waals surface area contributed by atoms with Gasteiger partial charge in [0.05, 0.1) is 14.2 Å². The quantitative estimate of drug-likeness (QED) is 0.536. The second kappa shape index (κ2) is 6.76. The maximum Gasteiger partial charge on any atom is 0.123 e. The van der Waals surface area contributed by atoms with E-state index in [0.717, 1.165) is 37.9 Å². The third-order valence-electron chi connectivity index (χ3n) is 3.72. The minimum atomic E-state index is 0.0805. The smallest absolute Gasteiger partial charge is 0.123 e. The second-order valence-corrected chi connectivity index (χ2v) is 6.34. The number of nitrogen functional groups attached to an aromatic ring is 1. The number of nitrogens with one attached hydrogen (secondary N) is 1. The molecule has 1 aromatic heterocycles. The largest absolute Gasteiger partial charge is 0.497 e. The van der Waals surface area contributed by atoms with Crippen LogP contribution in [0.5, 0.6) is 11.5 Å². The van der Waals surface area contributed by atoms with Crippen molar-refractivity contribution in [3.05, 3.63) is 60.2 Å². The molecule has 0 aliphatic rings. The van der Waals surface area contributed by atoms with Gasteiger partial charge in [0.1, 0.15) is 17.3 Å². The van der Waals surface area contributed by atoms with Crippen LogP contribution in [0, 0.1) is 5.41 Å². The summed E-state index contributed by atoms with van der Waals surface area (Å²) < 4.78 is 10.7. The molecular formula is C19H18N2O2S. The van der Waals surface area contributed by atoms with E-state index in [0.29, 0.717) is 0 Å². The van der Waals surface area contributed by atoms with Gasteiger partial charge in [-0.1, -0.05) is 24.3 Å². The van der Waals surface area contributed by atoms with Crippen LogP contribution in [-0.2, 0) is 0 Å². The molecule has 5 heteroatoms. The number of amidine groups is 1. The Balaban J connectivity index is 1.94. The predicted octanol–water partition coefficient (Wildman–Crippen LogP) is 4.38. The van der Waals surface area contributed by atoms with Gasteiger partial charge in [0.25, 0.3) is 0 Å². The Morgan fingerprint density at radius 3 is 1.88 bits per heavy atom. The van der Waals surface area contributed by atoms with E-state index in [9.17, 15) is 0 Å². The van der Waals surface area contributed by atoms with Gasteiger partial charge in [-0.15, -0.1) is 11.3 Å². The van der Waals surface area contributed by atoms with E-state index in [2.05, 4.69) is 12.1 Å². The summed E-state index contributed by atoms with van der Waals surface area (Å²) in [6.45, 7) is 0. The van der Waals surface area contributed by atoms with E-state index in [-0.39, 0.29) is 5.84 Å². The average Bonchev–Trinajstić information content (AvgIpc) is 3.11. The fraction of sp³-hybridized carbons (Fsp3) is 0.105. The Hall–Kier alpha value is -2.79. The predicted molar refractivity (Wildman–Crippen MR) is 99.3 cm³/mol. The number of thiophene rings is 1. The van der Waals surface area contributed by atoms with Gasteiger partial charge in [-0.2, -0.15) is 0 Å². The van der Waals surface area contributed by atoms with Crippen LogP contribution >= 0.6 is 11.3 Å². The van der Waals surface area contributed by atoms with Crippen molar-refractivity contribution in [1.29, 1.82) is 5.41 Å². The molecule has 3 aromatic rings. The first-order valence-corrected chi connectivity index (χ1v) is 8.20. The zero-order valence-corrected chi connectivity index (χ0v) is 14.3. The first-order chi connectivity index (χ1) is 11.6. The first-order valence-electron chi connectivity index (χ1n) is 7.39. The maximum absolute atomic E-state index is 7.46. The molecule has 4 nitrogen and oxygen atoms in total. The highest BCUT2D eigenvalue weighted by Crippen LogP contribution is 2.37. The molecule has 1 heterocycles. The van der Waals surface area contributed by atoms with Crippen LogP contribution < -0.4 is 15.2 Å². The summed E-state index contributed by atoms with van der Waals surface area (Å²) in [7, 11) is 3.30. The van der Waals surface area contributed by atoms with Gasteiger partial charge in [0.2, 0.25) is 0 Å². The Morgan fingerprint density at radius 1 is 0.833 bits per heavy atom. The van der Waals surface area contributed by atoms with Crippen LogP contribution in [-0.4, -0.2) is 20.1 Å². The highest BCUT2D eigenvalue weighted by atomic mass is 32.1. The van der Waals surface area contributed by atoms with Crippen molar-refractivity contribution < 1.29 is 9.47 Å². The van der Waals surface area contributed by atoms with Crippen molar-refractivity contribution in [2.75, 3.05) is 14.2 Å². The lowest BCUT2D eigenvalue weighted by molar-refractivity contribution is 0.394. The topological polar surface area (TPSA) is 68.3 Å². The zero-order valence-electron chi connectivity index (χ0n) is 13.5. The first kappa shape index (κ1) is 16.1. The van der Waals surface area contributed by atoms with E-state index in [4.69, 9.17) is 20.6 Å². The molecule has 0 fully saturated rings. The van der Waals surface area contributed by atoms with Crippen molar-refractivity contribution in [1.82, 2.24) is 0 Å². The van der Waals surface area contributed by atoms with Crippen molar-refractivity contribution in [3.8, 4) is 32.4 Å². The molecule has 0 spiro atoms. The minimum absolute atomic E-state index is 0.0805. The lowest BCUT2D eigenvalue weighted by atomic mass is 10.1. The number of hydrogen-bond donors (Lipinski definition) is 2. The number of nitrogens with two attached hydrogens (primary N) is 1. The van der Waals surface area contributed by atoms with Gasteiger partial charge in [0.15, 0.2) is 0 Å². The third-order valence-corrected chi connectivity index (χ3v) is 4.91. The molecule has 24 heavy (non-hydrogen) atoms. The molecule has 0 radical (unpaired) electrons. The van der Waals surface area contributed by atoms with Gasteiger partial charge in [-0.25, -0.2) is 0 Å². The summed E-state index contributed by atoms with van der Waals surface area (Å²) in [5.74, 6) is 1.62. The molecular weight excluding hydrogens is 320 g/mol. The fourth-order valence-corrected chi connectivity index (χ4v) is 3.41. The van der Waals surface area contributed by atoms with Crippen molar-refractivity contribution in [2.24, 2.45) is 5.73 Å². The van der Waals surface area contributed by atoms with Crippen LogP contribution in [0.15, 0.2) is 54.6 Å². The lowest BCUT2D eigenvalue weighted by Gasteiger charge is -2.07. The Bertz CT molecular complexity index is 847. The van der Waals surface area contributed by atoms with Crippen LogP contribution in [0.4, 0.5) is 0 Å². The molecule has 0 amide bonds. The standard InChI is InChI=1S/C19H18N2O2S/c1-22-15-9-14(10-16(11-15)23-2)18-8-7-17(24-18)12-3-5-13(6-4-12)19(20)21/h3-11H,1-2H3,(H3,20,21). The van der Waals surface area contributed by atoms with Crippen molar-refractivity contribution in [3.63, 3.8) is 0 Å². The van der Waals surface area contributed by atoms with E-state index in [1.165, 1.54) is 0 Å². The van der Waals surface area contributed by atoms with Crippen molar-refractivity contribution in [2.45, 2.75) is 0 Å². The van der Waals surface area contributed by atoms with Gasteiger partial charge in [-0.05, 0) is 35.4 Å². The number of hydrogen-bond acceptors (Lipinski definition) is 4. The van der Waals surface area contributed by atoms with Crippen LogP contribution in [0.25, 0.3) is 20.9 Å². The summed E-state index contributed by atoms with van der Waals surface area (Å²) in [5, 5.41) is 7.46. The van der Waals surface area contributed by atoms with Crippen molar-refractivity contribution >= 4 is 17.2 Å². The highest BCUT2D eigenvalue weighted by molar-refractivity contribution is 7.18. The van der Waals surface area contributed by atoms with Gasteiger partial charge < -0.3 is 15.2 Å². The summed E-state index contributed by atoms with van der Waals surface area (Å²) in [4.78, 5) is 2.29. The van der Waals surface area contributed by atoms with Crippen LogP contribution in [0.3, 0.4) is 0 Å². The minimum Gasteiger partial charge on any atom is -0.497 e. The average molecular weight is 338 g/mol. The Kier molecular flexibility index (Phi) is 4.53. The monoisotopic (exact) mass is 338 g/mol. The lowest BCUT2D eigenvalue weighted by Crippen LogP contribution is -2.10. The highest BCUT2D eigenvalue weighted by Gasteiger charge is 2.09. The summed E-state index contributed by atoms with van der Waals surface area (Å²) in [5.41, 5.74) is 8.39. The third kappa shape index (κ3) is 3.26. The van der Waals surface area contributed by atoms with E-state index < -0.39 is 0 Å². The number of methoxy groups -OCH3 is 2. The molecule has 0 saturated carbocycles. The molecule has 3 N–H and O–H groups in total. The second-order valence-electron chi connectivity index (χ2n) is 5.26. The summed E-state index contributed by atoms with van der Waals surface area (Å²) in [6.07, 6.45) is 0. The molecule has 0 atom stereocenters. The molecule has 0 bridgehead atoms. The number of ether oxygens (including phenoxy) is 2. The molecule has 3 rings (SSSR count). The van der Waals surface area contributed by atoms with Gasteiger partial charge >= 0.3 is 0 Å². The van der Waals surface area contributed by atoms with E-state index in [1.807, 2.05) is 42.5 Å². The normalized spacial score (nSPS) is 10.4. The van der Waals surface area contributed by atoms with E-state index >= 15 is 0 Å². The van der Waals surface area contributed by atoms with Gasteiger partial charge in [-0.3, -0.25) is 5.41 Å². The molecule has 0 unspecified atom stereocenters. The molecule has 0 aliphatic carbocycles. The SMILES string of the molecule is COc1cc(OC)cc(-c2ccc(-c3ccc(C(=N)N)cc3)s2)c1. The Morgan fingerprint density at radius 2 is 1.38 bits per heavy atom.